The van der Waals surface area contributed by atoms with Crippen LogP contribution in [0.1, 0.15) is 15.4 Å². The SMILES string of the molecule is Cc1nc(-c2ccccc2)sc1C(=O)Nc1nc(-c2ccc(Br)cc2)cs1. The molecule has 2 heterocycles. The van der Waals surface area contributed by atoms with E-state index in [1.54, 1.807) is 0 Å². The minimum absolute atomic E-state index is 0.177. The number of benzene rings is 2. The molecule has 0 aliphatic heterocycles. The number of halogens is 1. The summed E-state index contributed by atoms with van der Waals surface area (Å²) in [4.78, 5) is 22.4. The normalized spacial score (nSPS) is 10.7. The van der Waals surface area contributed by atoms with Gasteiger partial charge in [0.25, 0.3) is 5.91 Å². The van der Waals surface area contributed by atoms with Gasteiger partial charge in [-0.05, 0) is 19.1 Å². The Balaban J connectivity index is 1.53. The van der Waals surface area contributed by atoms with Gasteiger partial charge >= 0.3 is 0 Å². The molecule has 0 aliphatic carbocycles. The van der Waals surface area contributed by atoms with E-state index in [0.29, 0.717) is 10.0 Å². The Morgan fingerprint density at radius 1 is 1.00 bits per heavy atom. The van der Waals surface area contributed by atoms with E-state index in [2.05, 4.69) is 31.2 Å². The summed E-state index contributed by atoms with van der Waals surface area (Å²) in [6.45, 7) is 1.85. The van der Waals surface area contributed by atoms with Crippen LogP contribution in [0.4, 0.5) is 5.13 Å². The van der Waals surface area contributed by atoms with Crippen molar-refractivity contribution in [2.75, 3.05) is 5.32 Å². The predicted molar refractivity (Wildman–Crippen MR) is 115 cm³/mol. The maximum absolute atomic E-state index is 12.7. The lowest BCUT2D eigenvalue weighted by molar-refractivity contribution is 0.103. The third kappa shape index (κ3) is 4.00. The number of carbonyl (C=O) groups excluding carboxylic acids is 1. The number of amides is 1. The third-order valence-electron chi connectivity index (χ3n) is 3.89. The average Bonchev–Trinajstić information content (AvgIpc) is 3.30. The van der Waals surface area contributed by atoms with E-state index < -0.39 is 0 Å². The van der Waals surface area contributed by atoms with E-state index >= 15 is 0 Å². The van der Waals surface area contributed by atoms with Gasteiger partial charge in [-0.1, -0.05) is 58.4 Å². The summed E-state index contributed by atoms with van der Waals surface area (Å²) in [7, 11) is 0. The molecular formula is C20H14BrN3OS2. The first-order chi connectivity index (χ1) is 13.1. The molecule has 4 rings (SSSR count). The van der Waals surface area contributed by atoms with Crippen LogP contribution in [0.15, 0.2) is 64.5 Å². The van der Waals surface area contributed by atoms with Gasteiger partial charge < -0.3 is 0 Å². The molecule has 4 aromatic rings. The summed E-state index contributed by atoms with van der Waals surface area (Å²) in [6, 6.07) is 17.8. The van der Waals surface area contributed by atoms with Crippen LogP contribution in [0.5, 0.6) is 0 Å². The highest BCUT2D eigenvalue weighted by Gasteiger charge is 2.17. The maximum atomic E-state index is 12.7. The van der Waals surface area contributed by atoms with Crippen LogP contribution in [0, 0.1) is 6.92 Å². The number of thiazole rings is 2. The monoisotopic (exact) mass is 455 g/mol. The second-order valence-corrected chi connectivity index (χ2v) is 8.57. The second-order valence-electron chi connectivity index (χ2n) is 5.80. The molecule has 0 spiro atoms. The molecular weight excluding hydrogens is 442 g/mol. The molecule has 0 bridgehead atoms. The lowest BCUT2D eigenvalue weighted by Gasteiger charge is -2.00. The molecule has 0 atom stereocenters. The molecule has 4 nitrogen and oxygen atoms in total. The highest BCUT2D eigenvalue weighted by Crippen LogP contribution is 2.30. The Kier molecular flexibility index (Phi) is 5.15. The standard InChI is InChI=1S/C20H14BrN3OS2/c1-12-17(27-19(22-12)14-5-3-2-4-6-14)18(25)24-20-23-16(11-26-20)13-7-9-15(21)10-8-13/h2-11H,1H3,(H,23,24,25). The van der Waals surface area contributed by atoms with Crippen LogP contribution >= 0.6 is 38.6 Å². The van der Waals surface area contributed by atoms with E-state index in [0.717, 1.165) is 32.0 Å². The number of carbonyl (C=O) groups is 1. The number of nitrogens with one attached hydrogen (secondary N) is 1. The first-order valence-corrected chi connectivity index (χ1v) is 10.6. The Bertz CT molecular complexity index is 1090. The smallest absolute Gasteiger partial charge is 0.269 e. The van der Waals surface area contributed by atoms with Crippen molar-refractivity contribution in [3.8, 4) is 21.8 Å². The summed E-state index contributed by atoms with van der Waals surface area (Å²) in [6.07, 6.45) is 0. The lowest BCUT2D eigenvalue weighted by Crippen LogP contribution is -2.11. The summed E-state index contributed by atoms with van der Waals surface area (Å²) in [5, 5.41) is 6.25. The van der Waals surface area contributed by atoms with Gasteiger partial charge in [0.15, 0.2) is 5.13 Å². The van der Waals surface area contributed by atoms with E-state index in [4.69, 9.17) is 0 Å². The fourth-order valence-electron chi connectivity index (χ4n) is 2.55. The molecule has 0 saturated carbocycles. The summed E-state index contributed by atoms with van der Waals surface area (Å²) in [5.41, 5.74) is 3.58. The minimum atomic E-state index is -0.177. The van der Waals surface area contributed by atoms with Crippen molar-refractivity contribution in [1.82, 2.24) is 9.97 Å². The Hall–Kier alpha value is -2.35. The van der Waals surface area contributed by atoms with Crippen LogP contribution in [-0.2, 0) is 0 Å². The van der Waals surface area contributed by atoms with Crippen LogP contribution in [0.2, 0.25) is 0 Å². The molecule has 0 unspecified atom stereocenters. The highest BCUT2D eigenvalue weighted by molar-refractivity contribution is 9.10. The predicted octanol–water partition coefficient (Wildman–Crippen LogP) is 6.26. The largest absolute Gasteiger partial charge is 0.297 e. The van der Waals surface area contributed by atoms with Crippen molar-refractivity contribution in [3.63, 3.8) is 0 Å². The first-order valence-electron chi connectivity index (χ1n) is 8.16. The molecule has 0 aliphatic rings. The number of aryl methyl sites for hydroxylation is 1. The van der Waals surface area contributed by atoms with Crippen molar-refractivity contribution >= 4 is 49.6 Å². The molecule has 0 radical (unpaired) electrons. The van der Waals surface area contributed by atoms with Crippen LogP contribution in [0.25, 0.3) is 21.8 Å². The summed E-state index contributed by atoms with van der Waals surface area (Å²) in [5.74, 6) is -0.177. The Morgan fingerprint density at radius 2 is 1.74 bits per heavy atom. The Morgan fingerprint density at radius 3 is 2.48 bits per heavy atom. The van der Waals surface area contributed by atoms with Gasteiger partial charge in [0.1, 0.15) is 9.88 Å². The number of nitrogens with zero attached hydrogens (tertiary/aromatic N) is 2. The first kappa shape index (κ1) is 18.0. The van der Waals surface area contributed by atoms with Crippen molar-refractivity contribution in [3.05, 3.63) is 75.0 Å². The number of hydrogen-bond acceptors (Lipinski definition) is 5. The maximum Gasteiger partial charge on any atom is 0.269 e. The zero-order valence-electron chi connectivity index (χ0n) is 14.3. The zero-order chi connectivity index (χ0) is 18.8. The van der Waals surface area contributed by atoms with Crippen molar-refractivity contribution in [1.29, 1.82) is 0 Å². The average molecular weight is 456 g/mol. The van der Waals surface area contributed by atoms with Gasteiger partial charge in [-0.2, -0.15) is 0 Å². The fraction of sp³-hybridized carbons (Fsp3) is 0.0500. The van der Waals surface area contributed by atoms with Crippen molar-refractivity contribution in [2.24, 2.45) is 0 Å². The molecule has 7 heteroatoms. The molecule has 1 N–H and O–H groups in total. The molecule has 2 aromatic heterocycles. The third-order valence-corrected chi connectivity index (χ3v) is 6.38. The van der Waals surface area contributed by atoms with Gasteiger partial charge in [0.2, 0.25) is 0 Å². The second kappa shape index (κ2) is 7.72. The Labute approximate surface area is 173 Å². The molecule has 27 heavy (non-hydrogen) atoms. The number of aromatic nitrogens is 2. The molecule has 134 valence electrons. The molecule has 2 aromatic carbocycles. The zero-order valence-corrected chi connectivity index (χ0v) is 17.5. The van der Waals surface area contributed by atoms with E-state index in [-0.39, 0.29) is 5.91 Å². The van der Waals surface area contributed by atoms with Gasteiger partial charge in [-0.15, -0.1) is 22.7 Å². The number of hydrogen-bond donors (Lipinski definition) is 1. The van der Waals surface area contributed by atoms with Crippen LogP contribution in [-0.4, -0.2) is 15.9 Å². The topological polar surface area (TPSA) is 54.9 Å². The van der Waals surface area contributed by atoms with E-state index in [9.17, 15) is 4.79 Å². The van der Waals surface area contributed by atoms with Crippen molar-refractivity contribution < 1.29 is 4.79 Å². The summed E-state index contributed by atoms with van der Waals surface area (Å²) < 4.78 is 1.02. The van der Waals surface area contributed by atoms with Gasteiger partial charge in [0.05, 0.1) is 11.4 Å². The van der Waals surface area contributed by atoms with E-state index in [1.807, 2.05) is 66.9 Å². The van der Waals surface area contributed by atoms with Gasteiger partial charge in [0, 0.05) is 21.0 Å². The number of rotatable bonds is 4. The van der Waals surface area contributed by atoms with E-state index in [1.165, 1.54) is 22.7 Å². The molecule has 0 saturated heterocycles. The van der Waals surface area contributed by atoms with Gasteiger partial charge in [-0.3, -0.25) is 10.1 Å². The summed E-state index contributed by atoms with van der Waals surface area (Å²) >= 11 is 6.23. The van der Waals surface area contributed by atoms with Crippen LogP contribution < -0.4 is 5.32 Å². The van der Waals surface area contributed by atoms with Crippen molar-refractivity contribution in [2.45, 2.75) is 6.92 Å². The number of anilines is 1. The minimum Gasteiger partial charge on any atom is -0.297 e. The van der Waals surface area contributed by atoms with Gasteiger partial charge in [-0.25, -0.2) is 9.97 Å². The quantitative estimate of drug-likeness (QED) is 0.395. The molecule has 0 fully saturated rings. The highest BCUT2D eigenvalue weighted by atomic mass is 79.9. The lowest BCUT2D eigenvalue weighted by atomic mass is 10.2. The molecule has 1 amide bonds. The fourth-order valence-corrected chi connectivity index (χ4v) is 4.50. The van der Waals surface area contributed by atoms with Crippen LogP contribution in [0.3, 0.4) is 0 Å².